The van der Waals surface area contributed by atoms with E-state index >= 15 is 0 Å². The molecular weight excluding hydrogens is 294 g/mol. The highest BCUT2D eigenvalue weighted by atomic mass is 32.1. The highest BCUT2D eigenvalue weighted by molar-refractivity contribution is 7.18. The van der Waals surface area contributed by atoms with Gasteiger partial charge in [-0.3, -0.25) is 4.79 Å². The summed E-state index contributed by atoms with van der Waals surface area (Å²) in [5.74, 6) is -0.401. The van der Waals surface area contributed by atoms with Gasteiger partial charge in [0.1, 0.15) is 4.88 Å². The maximum atomic E-state index is 12.1. The van der Waals surface area contributed by atoms with E-state index in [0.717, 1.165) is 11.3 Å². The minimum Gasteiger partial charge on any atom is -0.493 e. The summed E-state index contributed by atoms with van der Waals surface area (Å²) in [5, 5.41) is 11.9. The van der Waals surface area contributed by atoms with E-state index in [1.54, 1.807) is 24.3 Å². The zero-order chi connectivity index (χ0) is 15.4. The predicted molar refractivity (Wildman–Crippen MR) is 78.8 cm³/mol. The molecule has 0 saturated heterocycles. The smallest absolute Gasteiger partial charge is 0.345 e. The summed E-state index contributed by atoms with van der Waals surface area (Å²) in [6, 6.07) is 7.77. The molecule has 1 heterocycles. The van der Waals surface area contributed by atoms with Gasteiger partial charge in [0.15, 0.2) is 11.5 Å². The van der Waals surface area contributed by atoms with Crippen molar-refractivity contribution in [3.05, 3.63) is 40.8 Å². The van der Waals surface area contributed by atoms with E-state index in [9.17, 15) is 9.59 Å². The molecule has 0 bridgehead atoms. The average Bonchev–Trinajstić information content (AvgIpc) is 2.95. The Morgan fingerprint density at radius 3 is 2.38 bits per heavy atom. The van der Waals surface area contributed by atoms with Crippen molar-refractivity contribution in [2.24, 2.45) is 0 Å². The van der Waals surface area contributed by atoms with Gasteiger partial charge in [-0.2, -0.15) is 0 Å². The van der Waals surface area contributed by atoms with Crippen LogP contribution in [0.3, 0.4) is 0 Å². The summed E-state index contributed by atoms with van der Waals surface area (Å²) in [5.41, 5.74) is 0.387. The third-order valence-electron chi connectivity index (χ3n) is 2.70. The lowest BCUT2D eigenvalue weighted by atomic mass is 10.2. The molecule has 0 aliphatic carbocycles. The first-order chi connectivity index (χ1) is 10.0. The van der Waals surface area contributed by atoms with E-state index in [-0.39, 0.29) is 10.8 Å². The molecule has 2 rings (SSSR count). The van der Waals surface area contributed by atoms with Gasteiger partial charge in [0.2, 0.25) is 0 Å². The van der Waals surface area contributed by atoms with Crippen LogP contribution in [0, 0.1) is 0 Å². The second-order valence-corrected chi connectivity index (χ2v) is 5.08. The standard InChI is InChI=1S/C14H13NO5S/c1-19-9-4-3-8(7-10(9)20-2)13(16)15-12-6-5-11(21-12)14(17)18/h3-7H,1-2H3,(H,15,16)(H,17,18). The van der Waals surface area contributed by atoms with E-state index in [4.69, 9.17) is 14.6 Å². The number of rotatable bonds is 5. The van der Waals surface area contributed by atoms with Crippen LogP contribution in [0.2, 0.25) is 0 Å². The SMILES string of the molecule is COc1ccc(C(=O)Nc2ccc(C(=O)O)s2)cc1OC. The summed E-state index contributed by atoms with van der Waals surface area (Å²) in [4.78, 5) is 23.1. The minimum atomic E-state index is -1.02. The van der Waals surface area contributed by atoms with Crippen LogP contribution in [0.4, 0.5) is 5.00 Å². The number of carbonyl (C=O) groups is 2. The minimum absolute atomic E-state index is 0.164. The van der Waals surface area contributed by atoms with Crippen LogP contribution >= 0.6 is 11.3 Å². The van der Waals surface area contributed by atoms with Crippen molar-refractivity contribution in [3.8, 4) is 11.5 Å². The Balaban J connectivity index is 2.17. The molecule has 7 heteroatoms. The number of amides is 1. The number of nitrogens with one attached hydrogen (secondary N) is 1. The third kappa shape index (κ3) is 3.32. The number of hydrogen-bond donors (Lipinski definition) is 2. The van der Waals surface area contributed by atoms with Gasteiger partial charge in [0, 0.05) is 5.56 Å². The number of aromatic carboxylic acids is 1. The van der Waals surface area contributed by atoms with Crippen LogP contribution < -0.4 is 14.8 Å². The maximum Gasteiger partial charge on any atom is 0.345 e. The van der Waals surface area contributed by atoms with Gasteiger partial charge < -0.3 is 19.9 Å². The molecule has 0 fully saturated rings. The van der Waals surface area contributed by atoms with Gasteiger partial charge in [-0.25, -0.2) is 4.79 Å². The molecule has 0 atom stereocenters. The third-order valence-corrected chi connectivity index (χ3v) is 3.69. The number of carboxylic acids is 1. The van der Waals surface area contributed by atoms with Crippen LogP contribution in [-0.4, -0.2) is 31.2 Å². The summed E-state index contributed by atoms with van der Waals surface area (Å²) in [7, 11) is 2.99. The number of ether oxygens (including phenoxy) is 2. The molecule has 1 aromatic carbocycles. The summed E-state index contributed by atoms with van der Waals surface area (Å²) in [6.45, 7) is 0. The van der Waals surface area contributed by atoms with Crippen molar-refractivity contribution in [2.75, 3.05) is 19.5 Å². The molecule has 0 spiro atoms. The first-order valence-corrected chi connectivity index (χ1v) is 6.73. The number of thiophene rings is 1. The molecule has 1 amide bonds. The Bertz CT molecular complexity index is 680. The monoisotopic (exact) mass is 307 g/mol. The molecular formula is C14H13NO5S. The molecule has 0 unspecified atom stereocenters. The first kappa shape index (κ1) is 14.9. The van der Waals surface area contributed by atoms with Crippen molar-refractivity contribution in [2.45, 2.75) is 0 Å². The number of methoxy groups -OCH3 is 2. The molecule has 2 N–H and O–H groups in total. The normalized spacial score (nSPS) is 10.0. The Hall–Kier alpha value is -2.54. The molecule has 110 valence electrons. The average molecular weight is 307 g/mol. The largest absolute Gasteiger partial charge is 0.493 e. The van der Waals surface area contributed by atoms with Gasteiger partial charge in [-0.15, -0.1) is 11.3 Å². The highest BCUT2D eigenvalue weighted by Crippen LogP contribution is 2.28. The molecule has 6 nitrogen and oxygen atoms in total. The number of hydrogen-bond acceptors (Lipinski definition) is 5. The zero-order valence-electron chi connectivity index (χ0n) is 11.4. The molecule has 21 heavy (non-hydrogen) atoms. The van der Waals surface area contributed by atoms with Gasteiger partial charge in [-0.1, -0.05) is 0 Å². The summed E-state index contributed by atoms with van der Waals surface area (Å²) in [6.07, 6.45) is 0. The predicted octanol–water partition coefficient (Wildman–Crippen LogP) is 2.72. The quantitative estimate of drug-likeness (QED) is 0.887. The van der Waals surface area contributed by atoms with Gasteiger partial charge in [-0.05, 0) is 30.3 Å². The Morgan fingerprint density at radius 2 is 1.81 bits per heavy atom. The molecule has 0 aliphatic rings. The summed E-state index contributed by atoms with van der Waals surface area (Å²) >= 11 is 0.994. The molecule has 1 aromatic heterocycles. The fourth-order valence-electron chi connectivity index (χ4n) is 1.68. The van der Waals surface area contributed by atoms with E-state index in [0.29, 0.717) is 22.1 Å². The first-order valence-electron chi connectivity index (χ1n) is 5.91. The van der Waals surface area contributed by atoms with Crippen LogP contribution in [-0.2, 0) is 0 Å². The fraction of sp³-hybridized carbons (Fsp3) is 0.143. The van der Waals surface area contributed by atoms with E-state index in [2.05, 4.69) is 5.32 Å². The lowest BCUT2D eigenvalue weighted by Gasteiger charge is -2.09. The van der Waals surface area contributed by atoms with Crippen molar-refractivity contribution < 1.29 is 24.2 Å². The van der Waals surface area contributed by atoms with Gasteiger partial charge >= 0.3 is 5.97 Å². The number of carbonyl (C=O) groups excluding carboxylic acids is 1. The van der Waals surface area contributed by atoms with Crippen LogP contribution in [0.15, 0.2) is 30.3 Å². The fourth-order valence-corrected chi connectivity index (χ4v) is 2.42. The van der Waals surface area contributed by atoms with Crippen molar-refractivity contribution in [1.29, 1.82) is 0 Å². The van der Waals surface area contributed by atoms with E-state index in [1.165, 1.54) is 20.3 Å². The van der Waals surface area contributed by atoms with Crippen LogP contribution in [0.1, 0.15) is 20.0 Å². The molecule has 2 aromatic rings. The number of benzene rings is 1. The Kier molecular flexibility index (Phi) is 4.44. The lowest BCUT2D eigenvalue weighted by molar-refractivity contribution is 0.0702. The van der Waals surface area contributed by atoms with Crippen molar-refractivity contribution in [1.82, 2.24) is 0 Å². The van der Waals surface area contributed by atoms with Crippen LogP contribution in [0.5, 0.6) is 11.5 Å². The highest BCUT2D eigenvalue weighted by Gasteiger charge is 2.13. The van der Waals surface area contributed by atoms with Gasteiger partial charge in [0.05, 0.1) is 19.2 Å². The van der Waals surface area contributed by atoms with E-state index in [1.807, 2.05) is 0 Å². The molecule has 0 radical (unpaired) electrons. The Morgan fingerprint density at radius 1 is 1.10 bits per heavy atom. The second kappa shape index (κ2) is 6.27. The number of anilines is 1. The zero-order valence-corrected chi connectivity index (χ0v) is 12.2. The lowest BCUT2D eigenvalue weighted by Crippen LogP contribution is -2.11. The summed E-state index contributed by atoms with van der Waals surface area (Å²) < 4.78 is 10.2. The van der Waals surface area contributed by atoms with Crippen molar-refractivity contribution >= 4 is 28.2 Å². The van der Waals surface area contributed by atoms with E-state index < -0.39 is 5.97 Å². The van der Waals surface area contributed by atoms with Crippen molar-refractivity contribution in [3.63, 3.8) is 0 Å². The topological polar surface area (TPSA) is 84.9 Å². The molecule has 0 aliphatic heterocycles. The Labute approximate surface area is 124 Å². The second-order valence-electron chi connectivity index (χ2n) is 3.99. The van der Waals surface area contributed by atoms with Crippen LogP contribution in [0.25, 0.3) is 0 Å². The molecule has 0 saturated carbocycles. The maximum absolute atomic E-state index is 12.1. The number of carboxylic acid groups (broad SMARTS) is 1. The van der Waals surface area contributed by atoms with Gasteiger partial charge in [0.25, 0.3) is 5.91 Å².